The van der Waals surface area contributed by atoms with Crippen LogP contribution >= 0.6 is 34.5 Å². The highest BCUT2D eigenvalue weighted by Crippen LogP contribution is 2.39. The highest BCUT2D eigenvalue weighted by atomic mass is 127. The lowest BCUT2D eigenvalue weighted by molar-refractivity contribution is 0.272. The number of rotatable bonds is 0. The molecule has 1 saturated heterocycles. The van der Waals surface area contributed by atoms with Crippen LogP contribution in [0.5, 0.6) is 0 Å². The summed E-state index contributed by atoms with van der Waals surface area (Å²) in [7, 11) is 2.11. The Kier molecular flexibility index (Phi) is 3.65. The standard InChI is InChI=1S/C14H16ClIN6O/c1-7-10(15)11-9-12(19-14(23)22(16)13(9)18-7)21-4-3-20(2)6-8(21)5-17-11/h8,17H,3-6H2,1-2H3. The summed E-state index contributed by atoms with van der Waals surface area (Å²) in [6.07, 6.45) is 0. The van der Waals surface area contributed by atoms with E-state index in [0.717, 1.165) is 37.3 Å². The van der Waals surface area contributed by atoms with E-state index in [1.54, 1.807) is 0 Å². The van der Waals surface area contributed by atoms with Gasteiger partial charge < -0.3 is 15.1 Å². The summed E-state index contributed by atoms with van der Waals surface area (Å²) in [5.74, 6) is 0.699. The van der Waals surface area contributed by atoms with E-state index in [-0.39, 0.29) is 11.7 Å². The van der Waals surface area contributed by atoms with Gasteiger partial charge in [0.1, 0.15) is 5.82 Å². The Morgan fingerprint density at radius 3 is 2.91 bits per heavy atom. The molecule has 1 unspecified atom stereocenters. The fourth-order valence-corrected chi connectivity index (χ4v) is 4.02. The van der Waals surface area contributed by atoms with E-state index < -0.39 is 0 Å². The summed E-state index contributed by atoms with van der Waals surface area (Å²) < 4.78 is 1.46. The van der Waals surface area contributed by atoms with Crippen molar-refractivity contribution in [2.75, 3.05) is 43.4 Å². The highest BCUT2D eigenvalue weighted by molar-refractivity contribution is 14.1. The molecular formula is C14H16ClIN6O. The molecule has 4 rings (SSSR count). The molecule has 2 aliphatic heterocycles. The van der Waals surface area contributed by atoms with E-state index in [4.69, 9.17) is 11.6 Å². The van der Waals surface area contributed by atoms with E-state index >= 15 is 0 Å². The predicted molar refractivity (Wildman–Crippen MR) is 100 cm³/mol. The summed E-state index contributed by atoms with van der Waals surface area (Å²) in [5.41, 5.74) is 1.86. The van der Waals surface area contributed by atoms with Gasteiger partial charge in [-0.2, -0.15) is 4.98 Å². The maximum absolute atomic E-state index is 12.3. The lowest BCUT2D eigenvalue weighted by Gasteiger charge is -2.39. The van der Waals surface area contributed by atoms with E-state index in [1.807, 2.05) is 29.8 Å². The molecule has 122 valence electrons. The van der Waals surface area contributed by atoms with Crippen LogP contribution in [0.25, 0.3) is 11.0 Å². The molecule has 0 radical (unpaired) electrons. The molecule has 2 aromatic heterocycles. The summed E-state index contributed by atoms with van der Waals surface area (Å²) in [4.78, 5) is 25.7. The number of aromatic nitrogens is 3. The second-order valence-electron chi connectivity index (χ2n) is 6.07. The molecule has 0 aliphatic carbocycles. The van der Waals surface area contributed by atoms with Gasteiger partial charge in [0.15, 0.2) is 5.65 Å². The fourth-order valence-electron chi connectivity index (χ4n) is 3.36. The summed E-state index contributed by atoms with van der Waals surface area (Å²) in [6, 6.07) is 0.248. The molecule has 0 bridgehead atoms. The Hall–Kier alpha value is -1.13. The average Bonchev–Trinajstić information content (AvgIpc) is 2.67. The van der Waals surface area contributed by atoms with Crippen LogP contribution in [0, 0.1) is 6.92 Å². The second kappa shape index (κ2) is 5.45. The zero-order valence-corrected chi connectivity index (χ0v) is 15.7. The number of aryl methyl sites for hydroxylation is 1. The fraction of sp³-hybridized carbons (Fsp3) is 0.500. The van der Waals surface area contributed by atoms with Crippen molar-refractivity contribution in [2.45, 2.75) is 13.0 Å². The number of fused-ring (bicyclic) bond motifs is 2. The number of nitrogens with zero attached hydrogens (tertiary/aromatic N) is 5. The van der Waals surface area contributed by atoms with Crippen molar-refractivity contribution >= 4 is 57.0 Å². The molecule has 4 heterocycles. The molecule has 0 aromatic carbocycles. The monoisotopic (exact) mass is 446 g/mol. The third-order valence-electron chi connectivity index (χ3n) is 4.54. The van der Waals surface area contributed by atoms with Gasteiger partial charge in [-0.3, -0.25) is 0 Å². The Bertz CT molecular complexity index is 869. The van der Waals surface area contributed by atoms with Gasteiger partial charge in [0, 0.05) is 26.2 Å². The molecule has 1 fully saturated rings. The first-order valence-electron chi connectivity index (χ1n) is 7.45. The predicted octanol–water partition coefficient (Wildman–Crippen LogP) is 1.50. The van der Waals surface area contributed by atoms with E-state index in [0.29, 0.717) is 22.2 Å². The number of nitrogens with one attached hydrogen (secondary N) is 1. The van der Waals surface area contributed by atoms with Crippen molar-refractivity contribution in [3.05, 3.63) is 21.2 Å². The van der Waals surface area contributed by atoms with E-state index in [1.165, 1.54) is 2.78 Å². The lowest BCUT2D eigenvalue weighted by atomic mass is 10.1. The van der Waals surface area contributed by atoms with Gasteiger partial charge in [0.05, 0.1) is 50.7 Å². The highest BCUT2D eigenvalue weighted by Gasteiger charge is 2.33. The molecule has 1 N–H and O–H groups in total. The van der Waals surface area contributed by atoms with Gasteiger partial charge in [-0.25, -0.2) is 12.6 Å². The van der Waals surface area contributed by atoms with Gasteiger partial charge in [0.2, 0.25) is 0 Å². The summed E-state index contributed by atoms with van der Waals surface area (Å²) in [5, 5.41) is 4.90. The van der Waals surface area contributed by atoms with Crippen molar-refractivity contribution in [1.29, 1.82) is 0 Å². The van der Waals surface area contributed by atoms with Gasteiger partial charge in [-0.1, -0.05) is 11.6 Å². The minimum Gasteiger partial charge on any atom is -0.381 e. The number of piperazine rings is 1. The first-order chi connectivity index (χ1) is 11.0. The molecular weight excluding hydrogens is 431 g/mol. The van der Waals surface area contributed by atoms with Gasteiger partial charge >= 0.3 is 5.69 Å². The molecule has 0 amide bonds. The second-order valence-corrected chi connectivity index (χ2v) is 7.42. The third-order valence-corrected chi connectivity index (χ3v) is 5.87. The van der Waals surface area contributed by atoms with Gasteiger partial charge in [-0.15, -0.1) is 0 Å². The van der Waals surface area contributed by atoms with Crippen LogP contribution in [-0.4, -0.2) is 56.9 Å². The van der Waals surface area contributed by atoms with Crippen LogP contribution in [0.3, 0.4) is 0 Å². The number of hydrogen-bond acceptors (Lipinski definition) is 6. The molecule has 2 aliphatic rings. The number of likely N-dealkylation sites (N-methyl/N-ethyl adjacent to an activating group) is 1. The number of pyridine rings is 1. The van der Waals surface area contributed by atoms with Crippen LogP contribution in [-0.2, 0) is 0 Å². The summed E-state index contributed by atoms with van der Waals surface area (Å²) >= 11 is 8.45. The SMILES string of the molecule is Cc1nc2c3c(nc(=O)n2I)N2CCN(C)CC2CNc3c1Cl. The zero-order chi connectivity index (χ0) is 16.3. The van der Waals surface area contributed by atoms with Crippen molar-refractivity contribution in [3.8, 4) is 0 Å². The van der Waals surface area contributed by atoms with Crippen molar-refractivity contribution in [3.63, 3.8) is 0 Å². The molecule has 23 heavy (non-hydrogen) atoms. The Morgan fingerprint density at radius 1 is 1.35 bits per heavy atom. The Morgan fingerprint density at radius 2 is 2.13 bits per heavy atom. The molecule has 7 nitrogen and oxygen atoms in total. The smallest absolute Gasteiger partial charge is 0.360 e. The van der Waals surface area contributed by atoms with Crippen LogP contribution < -0.4 is 15.9 Å². The topological polar surface area (TPSA) is 66.3 Å². The molecule has 1 atom stereocenters. The zero-order valence-electron chi connectivity index (χ0n) is 12.8. The minimum absolute atomic E-state index is 0.248. The number of halogens is 2. The summed E-state index contributed by atoms with van der Waals surface area (Å²) in [6.45, 7) is 5.30. The van der Waals surface area contributed by atoms with Crippen LogP contribution in [0.2, 0.25) is 5.02 Å². The van der Waals surface area contributed by atoms with Crippen LogP contribution in [0.15, 0.2) is 4.79 Å². The van der Waals surface area contributed by atoms with Crippen molar-refractivity contribution in [1.82, 2.24) is 17.6 Å². The van der Waals surface area contributed by atoms with Crippen LogP contribution in [0.4, 0.5) is 11.5 Å². The van der Waals surface area contributed by atoms with Gasteiger partial charge in [0.25, 0.3) is 0 Å². The number of anilines is 2. The normalized spacial score (nSPS) is 21.0. The molecule has 0 spiro atoms. The Labute approximate surface area is 152 Å². The van der Waals surface area contributed by atoms with Crippen LogP contribution in [0.1, 0.15) is 5.69 Å². The molecule has 0 saturated carbocycles. The quantitative estimate of drug-likeness (QED) is 0.619. The number of hydrogen-bond donors (Lipinski definition) is 1. The van der Waals surface area contributed by atoms with Gasteiger partial charge in [-0.05, 0) is 14.0 Å². The first kappa shape index (κ1) is 15.4. The maximum atomic E-state index is 12.3. The van der Waals surface area contributed by atoms with Crippen molar-refractivity contribution < 1.29 is 0 Å². The third kappa shape index (κ3) is 2.30. The van der Waals surface area contributed by atoms with E-state index in [9.17, 15) is 4.79 Å². The largest absolute Gasteiger partial charge is 0.381 e. The minimum atomic E-state index is -0.298. The molecule has 2 aromatic rings. The van der Waals surface area contributed by atoms with E-state index in [2.05, 4.69) is 32.1 Å². The Balaban J connectivity index is 2.06. The molecule has 9 heteroatoms. The van der Waals surface area contributed by atoms with Crippen molar-refractivity contribution in [2.24, 2.45) is 0 Å². The maximum Gasteiger partial charge on any atom is 0.360 e. The average molecular weight is 447 g/mol. The lowest BCUT2D eigenvalue weighted by Crippen LogP contribution is -2.54. The first-order valence-corrected chi connectivity index (χ1v) is 8.79.